The Morgan fingerprint density at radius 1 is 1.06 bits per heavy atom. The van der Waals surface area contributed by atoms with Crippen LogP contribution in [0, 0.1) is 18.9 Å². The summed E-state index contributed by atoms with van der Waals surface area (Å²) in [5, 5.41) is 10.6. The molecule has 0 aliphatic rings. The highest BCUT2D eigenvalue weighted by Gasteiger charge is 2.11. The molecule has 2 aromatic carbocycles. The van der Waals surface area contributed by atoms with Crippen LogP contribution in [0.3, 0.4) is 0 Å². The average molecular weight is 426 g/mol. The van der Waals surface area contributed by atoms with E-state index in [4.69, 9.17) is 10.5 Å². The van der Waals surface area contributed by atoms with Crippen molar-refractivity contribution in [1.29, 1.82) is 0 Å². The average Bonchev–Trinajstić information content (AvgIpc) is 3.19. The van der Waals surface area contributed by atoms with Gasteiger partial charge in [0, 0.05) is 23.2 Å². The maximum atomic E-state index is 12.5. The number of carbonyl (C=O) groups excluding carboxylic acids is 2. The van der Waals surface area contributed by atoms with Gasteiger partial charge < -0.3 is 15.8 Å². The van der Waals surface area contributed by atoms with Crippen molar-refractivity contribution in [3.8, 4) is 17.8 Å². The van der Waals surface area contributed by atoms with E-state index in [9.17, 15) is 9.59 Å². The van der Waals surface area contributed by atoms with Gasteiger partial charge in [-0.15, -0.1) is 10.2 Å². The summed E-state index contributed by atoms with van der Waals surface area (Å²) < 4.78 is 6.94. The summed E-state index contributed by atoms with van der Waals surface area (Å²) in [5.74, 6) is 2.42. The van der Waals surface area contributed by atoms with Crippen LogP contribution in [0.15, 0.2) is 54.9 Å². The van der Waals surface area contributed by atoms with E-state index in [-0.39, 0.29) is 11.7 Å². The molecule has 4 aromatic rings. The zero-order valence-corrected chi connectivity index (χ0v) is 17.3. The van der Waals surface area contributed by atoms with Crippen LogP contribution in [0.25, 0.3) is 11.0 Å². The van der Waals surface area contributed by atoms with Crippen LogP contribution in [0.5, 0.6) is 5.88 Å². The maximum Gasteiger partial charge on any atom is 0.256 e. The minimum absolute atomic E-state index is 0.199. The Kier molecular flexibility index (Phi) is 5.51. The molecule has 0 fully saturated rings. The van der Waals surface area contributed by atoms with Gasteiger partial charge in [0.1, 0.15) is 6.33 Å². The molecule has 0 unspecified atom stereocenters. The van der Waals surface area contributed by atoms with E-state index in [1.165, 1.54) is 31.4 Å². The molecule has 3 N–H and O–H groups in total. The first-order chi connectivity index (χ1) is 15.4. The topological polar surface area (TPSA) is 125 Å². The van der Waals surface area contributed by atoms with Crippen molar-refractivity contribution < 1.29 is 14.3 Å². The number of aryl methyl sites for hydroxylation is 1. The zero-order chi connectivity index (χ0) is 22.7. The molecule has 2 heterocycles. The van der Waals surface area contributed by atoms with Gasteiger partial charge in [-0.1, -0.05) is 6.07 Å². The Bertz CT molecular complexity index is 1400. The fourth-order valence-corrected chi connectivity index (χ4v) is 2.99. The van der Waals surface area contributed by atoms with Crippen molar-refractivity contribution in [2.24, 2.45) is 5.73 Å². The molecule has 9 nitrogen and oxygen atoms in total. The fourth-order valence-electron chi connectivity index (χ4n) is 2.99. The van der Waals surface area contributed by atoms with Gasteiger partial charge in [-0.3, -0.25) is 14.2 Å². The largest absolute Gasteiger partial charge is 0.479 e. The number of benzene rings is 2. The van der Waals surface area contributed by atoms with Crippen LogP contribution in [0.4, 0.5) is 5.82 Å². The van der Waals surface area contributed by atoms with Gasteiger partial charge in [0.15, 0.2) is 5.82 Å². The third-order valence-corrected chi connectivity index (χ3v) is 4.64. The summed E-state index contributed by atoms with van der Waals surface area (Å²) in [5.41, 5.74) is 9.13. The lowest BCUT2D eigenvalue weighted by Crippen LogP contribution is -2.15. The monoisotopic (exact) mass is 426 g/mol. The lowest BCUT2D eigenvalue weighted by Gasteiger charge is -2.07. The lowest BCUT2D eigenvalue weighted by atomic mass is 10.1. The number of rotatable bonds is 4. The first-order valence-corrected chi connectivity index (χ1v) is 9.53. The van der Waals surface area contributed by atoms with Crippen molar-refractivity contribution in [3.05, 3.63) is 77.1 Å². The number of imidazole rings is 1. The lowest BCUT2D eigenvalue weighted by molar-refractivity contribution is 0.0995. The molecular weight excluding hydrogens is 408 g/mol. The smallest absolute Gasteiger partial charge is 0.256 e. The second-order valence-electron chi connectivity index (χ2n) is 6.89. The molecule has 158 valence electrons. The number of primary amides is 1. The highest BCUT2D eigenvalue weighted by atomic mass is 16.5. The van der Waals surface area contributed by atoms with Crippen LogP contribution in [-0.4, -0.2) is 38.7 Å². The normalized spacial score (nSPS) is 10.3. The summed E-state index contributed by atoms with van der Waals surface area (Å²) >= 11 is 0. The molecule has 0 saturated heterocycles. The zero-order valence-electron chi connectivity index (χ0n) is 17.3. The van der Waals surface area contributed by atoms with E-state index in [1.807, 2.05) is 25.1 Å². The van der Waals surface area contributed by atoms with Crippen LogP contribution in [0.2, 0.25) is 0 Å². The van der Waals surface area contributed by atoms with E-state index < -0.39 is 11.8 Å². The molecule has 4 rings (SSSR count). The molecule has 0 saturated carbocycles. The molecule has 0 radical (unpaired) electrons. The fraction of sp³-hybridized carbons (Fsp3) is 0.0870. The number of amides is 2. The summed E-state index contributed by atoms with van der Waals surface area (Å²) in [6.45, 7) is 2.00. The number of aromatic nitrogens is 4. The van der Waals surface area contributed by atoms with Gasteiger partial charge in [0.25, 0.3) is 5.91 Å². The summed E-state index contributed by atoms with van der Waals surface area (Å²) in [6.07, 6.45) is 1.64. The van der Waals surface area contributed by atoms with Gasteiger partial charge in [0.05, 0.1) is 23.7 Å². The standard InChI is InChI=1S/C23H18N6O3/c1-14-3-8-19-18(11-14)25-13-29(19)10-9-17-12-20(27-28-23(17)32-2)26-22(31)16-6-4-15(5-7-16)21(24)30/h3-8,11-13H,1-2H3,(H2,24,30)(H,26,27,31). The predicted molar refractivity (Wildman–Crippen MR) is 118 cm³/mol. The van der Waals surface area contributed by atoms with Gasteiger partial charge in [-0.2, -0.15) is 0 Å². The molecule has 0 aliphatic heterocycles. The van der Waals surface area contributed by atoms with Crippen LogP contribution >= 0.6 is 0 Å². The van der Waals surface area contributed by atoms with Gasteiger partial charge in [-0.25, -0.2) is 4.98 Å². The first kappa shape index (κ1) is 20.6. The maximum absolute atomic E-state index is 12.5. The summed E-state index contributed by atoms with van der Waals surface area (Å²) in [6, 6.07) is 16.4. The number of nitrogens with zero attached hydrogens (tertiary/aromatic N) is 4. The number of fused-ring (bicyclic) bond motifs is 1. The van der Waals surface area contributed by atoms with Crippen LogP contribution in [0.1, 0.15) is 31.8 Å². The SMILES string of the molecule is COc1nnc(NC(=O)c2ccc(C(N)=O)cc2)cc1C#Cn1cnc2cc(C)ccc21. The molecule has 0 spiro atoms. The summed E-state index contributed by atoms with van der Waals surface area (Å²) in [4.78, 5) is 28.0. The Morgan fingerprint density at radius 2 is 1.81 bits per heavy atom. The Morgan fingerprint density at radius 3 is 2.53 bits per heavy atom. The number of hydrogen-bond donors (Lipinski definition) is 2. The van der Waals surface area contributed by atoms with Gasteiger partial charge in [0.2, 0.25) is 11.8 Å². The van der Waals surface area contributed by atoms with Crippen molar-refractivity contribution in [2.75, 3.05) is 12.4 Å². The number of ether oxygens (including phenoxy) is 1. The molecule has 2 amide bonds. The Hall–Kier alpha value is -4.71. The number of hydrogen-bond acceptors (Lipinski definition) is 6. The molecule has 0 bridgehead atoms. The molecule has 0 atom stereocenters. The third kappa shape index (κ3) is 4.24. The summed E-state index contributed by atoms with van der Waals surface area (Å²) in [7, 11) is 1.46. The molecule has 0 aliphatic carbocycles. The van der Waals surface area contributed by atoms with E-state index in [0.717, 1.165) is 16.6 Å². The molecule has 32 heavy (non-hydrogen) atoms. The highest BCUT2D eigenvalue weighted by molar-refractivity contribution is 6.04. The van der Waals surface area contributed by atoms with Crippen molar-refractivity contribution in [2.45, 2.75) is 6.92 Å². The third-order valence-electron chi connectivity index (χ3n) is 4.64. The van der Waals surface area contributed by atoms with Crippen LogP contribution < -0.4 is 15.8 Å². The Labute approximate surface area is 183 Å². The highest BCUT2D eigenvalue weighted by Crippen LogP contribution is 2.18. The number of anilines is 1. The van der Waals surface area contributed by atoms with E-state index in [1.54, 1.807) is 17.0 Å². The van der Waals surface area contributed by atoms with Crippen molar-refractivity contribution >= 4 is 28.7 Å². The molecule has 2 aromatic heterocycles. The minimum atomic E-state index is -0.568. The van der Waals surface area contributed by atoms with E-state index in [0.29, 0.717) is 16.7 Å². The predicted octanol–water partition coefficient (Wildman–Crippen LogP) is 2.35. The quantitative estimate of drug-likeness (QED) is 0.483. The van der Waals surface area contributed by atoms with Gasteiger partial charge >= 0.3 is 0 Å². The van der Waals surface area contributed by atoms with Crippen LogP contribution in [-0.2, 0) is 0 Å². The second kappa shape index (κ2) is 8.57. The number of carbonyl (C=O) groups is 2. The van der Waals surface area contributed by atoms with Crippen molar-refractivity contribution in [1.82, 2.24) is 19.7 Å². The van der Waals surface area contributed by atoms with E-state index in [2.05, 4.69) is 32.5 Å². The Balaban J connectivity index is 1.60. The molecule has 9 heteroatoms. The molecular formula is C23H18N6O3. The van der Waals surface area contributed by atoms with E-state index >= 15 is 0 Å². The first-order valence-electron chi connectivity index (χ1n) is 9.53. The second-order valence-corrected chi connectivity index (χ2v) is 6.89. The number of nitrogens with two attached hydrogens (primary N) is 1. The number of methoxy groups -OCH3 is 1. The number of nitrogens with one attached hydrogen (secondary N) is 1. The minimum Gasteiger partial charge on any atom is -0.479 e. The van der Waals surface area contributed by atoms with Gasteiger partial charge in [-0.05, 0) is 54.8 Å². The van der Waals surface area contributed by atoms with Crippen molar-refractivity contribution in [3.63, 3.8) is 0 Å².